The molecule has 17 heavy (non-hydrogen) atoms. The molecule has 0 bridgehead atoms. The van der Waals surface area contributed by atoms with Crippen molar-refractivity contribution in [3.63, 3.8) is 0 Å². The smallest absolute Gasteiger partial charge is 0.118 e. The number of hydrogen-bond acceptors (Lipinski definition) is 2. The fourth-order valence-corrected chi connectivity index (χ4v) is 1.76. The van der Waals surface area contributed by atoms with Gasteiger partial charge in [0.05, 0.1) is 7.11 Å². The third-order valence-electron chi connectivity index (χ3n) is 2.81. The van der Waals surface area contributed by atoms with Gasteiger partial charge in [-0.1, -0.05) is 39.8 Å². The SMILES string of the molecule is CCC(NCC(C)(C)C)c1ccc(OC)cc1. The van der Waals surface area contributed by atoms with Crippen molar-refractivity contribution in [3.8, 4) is 5.75 Å². The van der Waals surface area contributed by atoms with Crippen LogP contribution in [0.3, 0.4) is 0 Å². The molecular formula is C15H25NO. The lowest BCUT2D eigenvalue weighted by molar-refractivity contribution is 0.349. The number of ether oxygens (including phenoxy) is 1. The molecule has 2 heteroatoms. The van der Waals surface area contributed by atoms with Gasteiger partial charge in [-0.3, -0.25) is 0 Å². The molecule has 0 saturated heterocycles. The minimum Gasteiger partial charge on any atom is -0.497 e. The van der Waals surface area contributed by atoms with Gasteiger partial charge in [-0.15, -0.1) is 0 Å². The highest BCUT2D eigenvalue weighted by atomic mass is 16.5. The predicted octanol–water partition coefficient (Wildman–Crippen LogP) is 3.78. The third-order valence-corrected chi connectivity index (χ3v) is 2.81. The molecule has 96 valence electrons. The Kier molecular flexibility index (Phi) is 5.01. The van der Waals surface area contributed by atoms with Gasteiger partial charge in [0.1, 0.15) is 5.75 Å². The largest absolute Gasteiger partial charge is 0.497 e. The van der Waals surface area contributed by atoms with Gasteiger partial charge in [0.15, 0.2) is 0 Å². The number of benzene rings is 1. The zero-order valence-corrected chi connectivity index (χ0v) is 11.7. The van der Waals surface area contributed by atoms with Gasteiger partial charge in [0.25, 0.3) is 0 Å². The highest BCUT2D eigenvalue weighted by Gasteiger charge is 2.14. The highest BCUT2D eigenvalue weighted by Crippen LogP contribution is 2.21. The topological polar surface area (TPSA) is 21.3 Å². The molecule has 0 saturated carbocycles. The van der Waals surface area contributed by atoms with E-state index in [0.717, 1.165) is 18.7 Å². The van der Waals surface area contributed by atoms with Crippen LogP contribution in [0.1, 0.15) is 45.7 Å². The quantitative estimate of drug-likeness (QED) is 0.838. The molecule has 1 N–H and O–H groups in total. The average molecular weight is 235 g/mol. The molecule has 0 aliphatic rings. The normalized spacial score (nSPS) is 13.5. The second-order valence-corrected chi connectivity index (χ2v) is 5.68. The first kappa shape index (κ1) is 14.0. The van der Waals surface area contributed by atoms with E-state index >= 15 is 0 Å². The summed E-state index contributed by atoms with van der Waals surface area (Å²) in [6.07, 6.45) is 1.10. The first-order valence-corrected chi connectivity index (χ1v) is 6.33. The van der Waals surface area contributed by atoms with E-state index in [0.29, 0.717) is 11.5 Å². The summed E-state index contributed by atoms with van der Waals surface area (Å²) in [5.41, 5.74) is 1.65. The first-order valence-electron chi connectivity index (χ1n) is 6.33. The molecule has 1 aromatic carbocycles. The summed E-state index contributed by atoms with van der Waals surface area (Å²) >= 11 is 0. The lowest BCUT2D eigenvalue weighted by Gasteiger charge is -2.24. The Morgan fingerprint density at radius 3 is 2.18 bits per heavy atom. The standard InChI is InChI=1S/C15H25NO/c1-6-14(16-11-15(2,3)4)12-7-9-13(17-5)10-8-12/h7-10,14,16H,6,11H2,1-5H3. The van der Waals surface area contributed by atoms with Crippen molar-refractivity contribution in [2.75, 3.05) is 13.7 Å². The summed E-state index contributed by atoms with van der Waals surface area (Å²) in [5, 5.41) is 3.62. The molecule has 1 rings (SSSR count). The van der Waals surface area contributed by atoms with E-state index in [2.05, 4.69) is 45.1 Å². The maximum Gasteiger partial charge on any atom is 0.118 e. The Balaban J connectivity index is 2.66. The van der Waals surface area contributed by atoms with E-state index in [4.69, 9.17) is 4.74 Å². The molecule has 0 aliphatic carbocycles. The van der Waals surface area contributed by atoms with Gasteiger partial charge in [-0.05, 0) is 29.5 Å². The first-order chi connectivity index (χ1) is 7.96. The maximum absolute atomic E-state index is 5.18. The van der Waals surface area contributed by atoms with E-state index in [9.17, 15) is 0 Å². The Labute approximate surface area is 105 Å². The molecular weight excluding hydrogens is 210 g/mol. The Morgan fingerprint density at radius 2 is 1.76 bits per heavy atom. The number of methoxy groups -OCH3 is 1. The van der Waals surface area contributed by atoms with Crippen LogP contribution in [0, 0.1) is 5.41 Å². The number of hydrogen-bond donors (Lipinski definition) is 1. The van der Waals surface area contributed by atoms with Crippen molar-refractivity contribution in [1.82, 2.24) is 5.32 Å². The molecule has 2 nitrogen and oxygen atoms in total. The van der Waals surface area contributed by atoms with Crippen molar-refractivity contribution in [3.05, 3.63) is 29.8 Å². The van der Waals surface area contributed by atoms with Gasteiger partial charge in [0.2, 0.25) is 0 Å². The molecule has 0 aliphatic heterocycles. The Hall–Kier alpha value is -1.02. The fraction of sp³-hybridized carbons (Fsp3) is 0.600. The van der Waals surface area contributed by atoms with Crippen LogP contribution in [0.2, 0.25) is 0 Å². The average Bonchev–Trinajstić information content (AvgIpc) is 2.29. The molecule has 1 unspecified atom stereocenters. The summed E-state index contributed by atoms with van der Waals surface area (Å²) in [7, 11) is 1.70. The van der Waals surface area contributed by atoms with Crippen LogP contribution in [0.25, 0.3) is 0 Å². The monoisotopic (exact) mass is 235 g/mol. The summed E-state index contributed by atoms with van der Waals surface area (Å²) in [6.45, 7) is 9.99. The number of nitrogens with one attached hydrogen (secondary N) is 1. The van der Waals surface area contributed by atoms with Crippen molar-refractivity contribution < 1.29 is 4.74 Å². The van der Waals surface area contributed by atoms with Crippen LogP contribution in [-0.2, 0) is 0 Å². The molecule has 0 radical (unpaired) electrons. The van der Waals surface area contributed by atoms with Gasteiger partial charge in [-0.2, -0.15) is 0 Å². The summed E-state index contributed by atoms with van der Waals surface area (Å²) in [5.74, 6) is 0.916. The van der Waals surface area contributed by atoms with Gasteiger partial charge < -0.3 is 10.1 Å². The molecule has 1 aromatic rings. The van der Waals surface area contributed by atoms with Gasteiger partial charge in [0, 0.05) is 12.6 Å². The van der Waals surface area contributed by atoms with E-state index in [1.807, 2.05) is 12.1 Å². The number of rotatable bonds is 5. The van der Waals surface area contributed by atoms with Crippen LogP contribution in [0.4, 0.5) is 0 Å². The predicted molar refractivity (Wildman–Crippen MR) is 73.5 cm³/mol. The maximum atomic E-state index is 5.18. The molecule has 0 aromatic heterocycles. The van der Waals surface area contributed by atoms with Crippen LogP contribution < -0.4 is 10.1 Å². The molecule has 1 atom stereocenters. The fourth-order valence-electron chi connectivity index (χ4n) is 1.76. The lowest BCUT2D eigenvalue weighted by Crippen LogP contribution is -2.30. The summed E-state index contributed by atoms with van der Waals surface area (Å²) < 4.78 is 5.18. The van der Waals surface area contributed by atoms with Crippen LogP contribution in [0.5, 0.6) is 5.75 Å². The minimum absolute atomic E-state index is 0.319. The van der Waals surface area contributed by atoms with E-state index in [-0.39, 0.29) is 0 Å². The Bertz CT molecular complexity index is 324. The zero-order valence-electron chi connectivity index (χ0n) is 11.7. The van der Waals surface area contributed by atoms with Gasteiger partial charge >= 0.3 is 0 Å². The molecule has 0 amide bonds. The van der Waals surface area contributed by atoms with Crippen molar-refractivity contribution >= 4 is 0 Å². The Morgan fingerprint density at radius 1 is 1.18 bits per heavy atom. The molecule has 0 heterocycles. The van der Waals surface area contributed by atoms with Crippen LogP contribution >= 0.6 is 0 Å². The zero-order chi connectivity index (χ0) is 12.9. The van der Waals surface area contributed by atoms with Crippen molar-refractivity contribution in [2.24, 2.45) is 5.41 Å². The lowest BCUT2D eigenvalue weighted by atomic mass is 9.95. The van der Waals surface area contributed by atoms with E-state index < -0.39 is 0 Å². The molecule has 0 fully saturated rings. The van der Waals surface area contributed by atoms with E-state index in [1.165, 1.54) is 5.56 Å². The third kappa shape index (κ3) is 4.78. The van der Waals surface area contributed by atoms with Gasteiger partial charge in [-0.25, -0.2) is 0 Å². The van der Waals surface area contributed by atoms with Crippen LogP contribution in [0.15, 0.2) is 24.3 Å². The van der Waals surface area contributed by atoms with Crippen molar-refractivity contribution in [1.29, 1.82) is 0 Å². The molecule has 0 spiro atoms. The van der Waals surface area contributed by atoms with Crippen LogP contribution in [-0.4, -0.2) is 13.7 Å². The van der Waals surface area contributed by atoms with E-state index in [1.54, 1.807) is 7.11 Å². The second-order valence-electron chi connectivity index (χ2n) is 5.68. The summed E-state index contributed by atoms with van der Waals surface area (Å²) in [6, 6.07) is 8.76. The second kappa shape index (κ2) is 6.06. The minimum atomic E-state index is 0.319. The highest BCUT2D eigenvalue weighted by molar-refractivity contribution is 5.29. The summed E-state index contributed by atoms with van der Waals surface area (Å²) in [4.78, 5) is 0. The van der Waals surface area contributed by atoms with Crippen molar-refractivity contribution in [2.45, 2.75) is 40.2 Å².